The van der Waals surface area contributed by atoms with Gasteiger partial charge in [0.25, 0.3) is 5.56 Å². The summed E-state index contributed by atoms with van der Waals surface area (Å²) in [6.45, 7) is 7.10. The lowest BCUT2D eigenvalue weighted by Crippen LogP contribution is -2.53. The summed E-state index contributed by atoms with van der Waals surface area (Å²) in [5.41, 5.74) is 1.42. The van der Waals surface area contributed by atoms with Crippen molar-refractivity contribution in [2.75, 3.05) is 31.6 Å². The van der Waals surface area contributed by atoms with Crippen LogP contribution in [0.15, 0.2) is 35.3 Å². The standard InChI is InChI=1S/C25H33ClN4O4/c1-25(2,3)34-24(32)29-12-13-33-16-20(29)14-27-21-15-28-30(23(31)22(21)26)19-10-8-18(9-11-19)17-6-4-5-7-17/h8-11,15,17,20,27H,4-7,12-14,16H2,1-3H3. The molecule has 2 aromatic rings. The molecule has 4 rings (SSSR count). The fourth-order valence-corrected chi connectivity index (χ4v) is 4.70. The highest BCUT2D eigenvalue weighted by molar-refractivity contribution is 6.32. The van der Waals surface area contributed by atoms with Crippen LogP contribution in [0.5, 0.6) is 0 Å². The highest BCUT2D eigenvalue weighted by Gasteiger charge is 2.31. The van der Waals surface area contributed by atoms with E-state index in [1.54, 1.807) is 4.90 Å². The molecule has 1 aliphatic heterocycles. The molecule has 1 N–H and O–H groups in total. The number of amides is 1. The minimum Gasteiger partial charge on any atom is -0.444 e. The van der Waals surface area contributed by atoms with Gasteiger partial charge in [-0.3, -0.25) is 9.69 Å². The molecule has 34 heavy (non-hydrogen) atoms. The van der Waals surface area contributed by atoms with Crippen LogP contribution < -0.4 is 10.9 Å². The Balaban J connectivity index is 1.44. The Morgan fingerprint density at radius 1 is 1.24 bits per heavy atom. The van der Waals surface area contributed by atoms with Gasteiger partial charge in [-0.1, -0.05) is 36.6 Å². The van der Waals surface area contributed by atoms with E-state index < -0.39 is 11.2 Å². The van der Waals surface area contributed by atoms with Crippen LogP contribution in [0.2, 0.25) is 5.02 Å². The van der Waals surface area contributed by atoms with E-state index in [0.717, 1.165) is 0 Å². The van der Waals surface area contributed by atoms with Crippen LogP contribution >= 0.6 is 11.6 Å². The SMILES string of the molecule is CC(C)(C)OC(=O)N1CCOCC1CNc1cnn(-c2ccc(C3CCCC3)cc2)c(=O)c1Cl. The number of rotatable bonds is 5. The number of anilines is 1. The van der Waals surface area contributed by atoms with Crippen molar-refractivity contribution in [1.82, 2.24) is 14.7 Å². The van der Waals surface area contributed by atoms with Crippen molar-refractivity contribution in [1.29, 1.82) is 0 Å². The van der Waals surface area contributed by atoms with E-state index >= 15 is 0 Å². The third-order valence-corrected chi connectivity index (χ3v) is 6.63. The normalized spacial score (nSPS) is 19.3. The molecule has 1 aromatic carbocycles. The molecule has 2 fully saturated rings. The lowest BCUT2D eigenvalue weighted by Gasteiger charge is -2.36. The molecule has 1 amide bonds. The maximum Gasteiger partial charge on any atom is 0.410 e. The molecule has 1 aliphatic carbocycles. The van der Waals surface area contributed by atoms with E-state index in [1.165, 1.54) is 42.1 Å². The highest BCUT2D eigenvalue weighted by Crippen LogP contribution is 2.34. The van der Waals surface area contributed by atoms with Crippen molar-refractivity contribution >= 4 is 23.4 Å². The molecule has 0 radical (unpaired) electrons. The Labute approximate surface area is 205 Å². The van der Waals surface area contributed by atoms with Crippen LogP contribution in [0.3, 0.4) is 0 Å². The van der Waals surface area contributed by atoms with Gasteiger partial charge < -0.3 is 14.8 Å². The minimum absolute atomic E-state index is 0.0513. The van der Waals surface area contributed by atoms with Gasteiger partial charge in [0, 0.05) is 13.1 Å². The summed E-state index contributed by atoms with van der Waals surface area (Å²) in [6.07, 6.45) is 6.15. The molecule has 184 valence electrons. The van der Waals surface area contributed by atoms with Gasteiger partial charge in [0.05, 0.1) is 36.8 Å². The van der Waals surface area contributed by atoms with E-state index in [4.69, 9.17) is 21.1 Å². The highest BCUT2D eigenvalue weighted by atomic mass is 35.5. The van der Waals surface area contributed by atoms with Crippen molar-refractivity contribution in [2.45, 2.75) is 64.0 Å². The maximum atomic E-state index is 12.9. The summed E-state index contributed by atoms with van der Waals surface area (Å²) in [4.78, 5) is 27.2. The number of halogens is 1. The third-order valence-electron chi connectivity index (χ3n) is 6.27. The number of nitrogens with one attached hydrogen (secondary N) is 1. The fourth-order valence-electron chi connectivity index (χ4n) is 4.50. The van der Waals surface area contributed by atoms with Gasteiger partial charge in [0.2, 0.25) is 0 Å². The quantitative estimate of drug-likeness (QED) is 0.662. The second-order valence-corrected chi connectivity index (χ2v) is 10.3. The first kappa shape index (κ1) is 24.5. The number of morpholine rings is 1. The number of hydrogen-bond acceptors (Lipinski definition) is 6. The van der Waals surface area contributed by atoms with E-state index in [9.17, 15) is 9.59 Å². The smallest absolute Gasteiger partial charge is 0.410 e. The van der Waals surface area contributed by atoms with Crippen molar-refractivity contribution in [2.24, 2.45) is 0 Å². The van der Waals surface area contributed by atoms with Gasteiger partial charge in [0.1, 0.15) is 10.6 Å². The largest absolute Gasteiger partial charge is 0.444 e. The number of nitrogens with zero attached hydrogens (tertiary/aromatic N) is 3. The zero-order valence-electron chi connectivity index (χ0n) is 20.1. The van der Waals surface area contributed by atoms with Crippen molar-refractivity contribution in [3.8, 4) is 5.69 Å². The lowest BCUT2D eigenvalue weighted by molar-refractivity contribution is -0.0290. The van der Waals surface area contributed by atoms with Crippen LogP contribution in [-0.2, 0) is 9.47 Å². The number of carbonyl (C=O) groups is 1. The van der Waals surface area contributed by atoms with E-state index in [-0.39, 0.29) is 17.2 Å². The molecular weight excluding hydrogens is 456 g/mol. The first-order valence-electron chi connectivity index (χ1n) is 11.9. The molecule has 0 bridgehead atoms. The Morgan fingerprint density at radius 3 is 2.62 bits per heavy atom. The summed E-state index contributed by atoms with van der Waals surface area (Å²) in [5, 5.41) is 7.53. The van der Waals surface area contributed by atoms with Crippen LogP contribution in [-0.4, -0.2) is 58.7 Å². The van der Waals surface area contributed by atoms with Crippen molar-refractivity contribution in [3.05, 3.63) is 51.4 Å². The molecule has 1 saturated heterocycles. The summed E-state index contributed by atoms with van der Waals surface area (Å²) in [7, 11) is 0. The first-order chi connectivity index (χ1) is 16.2. The van der Waals surface area contributed by atoms with Gasteiger partial charge in [-0.05, 0) is 57.2 Å². The predicted molar refractivity (Wildman–Crippen MR) is 132 cm³/mol. The van der Waals surface area contributed by atoms with Gasteiger partial charge in [-0.15, -0.1) is 0 Å². The number of aromatic nitrogens is 2. The molecular formula is C25H33ClN4O4. The van der Waals surface area contributed by atoms with E-state index in [2.05, 4.69) is 22.5 Å². The second kappa shape index (κ2) is 10.4. The molecule has 1 aromatic heterocycles. The van der Waals surface area contributed by atoms with Crippen LogP contribution in [0.1, 0.15) is 57.9 Å². The molecule has 1 saturated carbocycles. The van der Waals surface area contributed by atoms with Crippen molar-refractivity contribution < 1.29 is 14.3 Å². The molecule has 1 atom stereocenters. The minimum atomic E-state index is -0.583. The number of benzene rings is 1. The van der Waals surface area contributed by atoms with Crippen molar-refractivity contribution in [3.63, 3.8) is 0 Å². The third kappa shape index (κ3) is 5.73. The summed E-state index contributed by atoms with van der Waals surface area (Å²) in [5.74, 6) is 0.609. The van der Waals surface area contributed by atoms with Gasteiger partial charge in [0.15, 0.2) is 0 Å². The van der Waals surface area contributed by atoms with E-state index in [0.29, 0.717) is 43.6 Å². The topological polar surface area (TPSA) is 85.7 Å². The van der Waals surface area contributed by atoms with Crippen LogP contribution in [0, 0.1) is 0 Å². The Hall–Kier alpha value is -2.58. The molecule has 2 heterocycles. The summed E-state index contributed by atoms with van der Waals surface area (Å²) >= 11 is 6.41. The zero-order chi connectivity index (χ0) is 24.3. The maximum absolute atomic E-state index is 12.9. The Bertz CT molecular complexity index is 1060. The number of carbonyl (C=O) groups excluding carboxylic acids is 1. The second-order valence-electron chi connectivity index (χ2n) is 9.95. The van der Waals surface area contributed by atoms with Gasteiger partial charge in [-0.25, -0.2) is 4.79 Å². The molecule has 8 nitrogen and oxygen atoms in total. The monoisotopic (exact) mass is 488 g/mol. The molecule has 9 heteroatoms. The first-order valence-corrected chi connectivity index (χ1v) is 12.3. The zero-order valence-corrected chi connectivity index (χ0v) is 20.8. The Morgan fingerprint density at radius 2 is 1.94 bits per heavy atom. The average molecular weight is 489 g/mol. The van der Waals surface area contributed by atoms with Crippen LogP contribution in [0.25, 0.3) is 5.69 Å². The molecule has 1 unspecified atom stereocenters. The average Bonchev–Trinajstić information content (AvgIpc) is 3.34. The fraction of sp³-hybridized carbons (Fsp3) is 0.560. The van der Waals surface area contributed by atoms with Gasteiger partial charge in [-0.2, -0.15) is 9.78 Å². The summed E-state index contributed by atoms with van der Waals surface area (Å²) < 4.78 is 12.4. The lowest BCUT2D eigenvalue weighted by atomic mass is 9.98. The van der Waals surface area contributed by atoms with Crippen LogP contribution in [0.4, 0.5) is 10.5 Å². The molecule has 2 aliphatic rings. The number of hydrogen-bond donors (Lipinski definition) is 1. The van der Waals surface area contributed by atoms with E-state index in [1.807, 2.05) is 32.9 Å². The summed E-state index contributed by atoms with van der Waals surface area (Å²) in [6, 6.07) is 7.74. The number of ether oxygens (including phenoxy) is 2. The van der Waals surface area contributed by atoms with Gasteiger partial charge >= 0.3 is 6.09 Å². The Kier molecular flexibility index (Phi) is 7.48. The molecule has 0 spiro atoms. The predicted octanol–water partition coefficient (Wildman–Crippen LogP) is 4.59.